The summed E-state index contributed by atoms with van der Waals surface area (Å²) in [5, 5.41) is 8.25. The second kappa shape index (κ2) is 6.82. The summed E-state index contributed by atoms with van der Waals surface area (Å²) in [7, 11) is 0. The van der Waals surface area contributed by atoms with Crippen molar-refractivity contribution in [3.8, 4) is 5.69 Å². The fraction of sp³-hybridized carbons (Fsp3) is 0.471. The first-order valence-corrected chi connectivity index (χ1v) is 7.91. The Labute approximate surface area is 137 Å². The van der Waals surface area contributed by atoms with E-state index in [0.717, 1.165) is 24.1 Å². The van der Waals surface area contributed by atoms with Crippen LogP contribution in [0.4, 0.5) is 0 Å². The van der Waals surface area contributed by atoms with Crippen LogP contribution in [-0.4, -0.2) is 40.9 Å². The SMILES string of the molecule is Cl.c1ccc(-n2ccc(CN3CCC4CNCC4C3)n2)cc1. The summed E-state index contributed by atoms with van der Waals surface area (Å²) in [6.45, 7) is 5.82. The van der Waals surface area contributed by atoms with Crippen LogP contribution in [0.2, 0.25) is 0 Å². The third-order valence-corrected chi connectivity index (χ3v) is 4.84. The topological polar surface area (TPSA) is 33.1 Å². The lowest BCUT2D eigenvalue weighted by atomic mass is 9.89. The molecule has 2 aliphatic heterocycles. The van der Waals surface area contributed by atoms with Crippen molar-refractivity contribution in [3.63, 3.8) is 0 Å². The lowest BCUT2D eigenvalue weighted by Gasteiger charge is -2.33. The van der Waals surface area contributed by atoms with Crippen LogP contribution in [-0.2, 0) is 6.54 Å². The zero-order valence-corrected chi connectivity index (χ0v) is 13.5. The summed E-state index contributed by atoms with van der Waals surface area (Å²) < 4.78 is 1.97. The highest BCUT2D eigenvalue weighted by atomic mass is 35.5. The number of aromatic nitrogens is 2. The molecule has 0 spiro atoms. The van der Waals surface area contributed by atoms with Gasteiger partial charge in [0.05, 0.1) is 11.4 Å². The van der Waals surface area contributed by atoms with Gasteiger partial charge in [-0.3, -0.25) is 4.90 Å². The lowest BCUT2D eigenvalue weighted by molar-refractivity contribution is 0.140. The number of nitrogens with zero attached hydrogens (tertiary/aromatic N) is 3. The average Bonchev–Trinajstić information content (AvgIpc) is 3.17. The molecular weight excluding hydrogens is 296 g/mol. The number of likely N-dealkylation sites (tertiary alicyclic amines) is 1. The van der Waals surface area contributed by atoms with Crippen molar-refractivity contribution in [2.45, 2.75) is 13.0 Å². The van der Waals surface area contributed by atoms with E-state index in [2.05, 4.69) is 46.7 Å². The molecule has 2 atom stereocenters. The molecule has 0 aliphatic carbocycles. The van der Waals surface area contributed by atoms with Gasteiger partial charge in [-0.2, -0.15) is 5.10 Å². The smallest absolute Gasteiger partial charge is 0.0769 e. The molecule has 118 valence electrons. The van der Waals surface area contributed by atoms with Crippen LogP contribution in [0, 0.1) is 11.8 Å². The molecule has 5 heteroatoms. The van der Waals surface area contributed by atoms with Crippen molar-refractivity contribution in [2.24, 2.45) is 11.8 Å². The highest BCUT2D eigenvalue weighted by Crippen LogP contribution is 2.27. The lowest BCUT2D eigenvalue weighted by Crippen LogP contribution is -2.39. The number of fused-ring (bicyclic) bond motifs is 1. The Bertz CT molecular complexity index is 598. The quantitative estimate of drug-likeness (QED) is 0.943. The first-order chi connectivity index (χ1) is 10.4. The highest BCUT2D eigenvalue weighted by Gasteiger charge is 2.32. The van der Waals surface area contributed by atoms with Gasteiger partial charge in [-0.25, -0.2) is 4.68 Å². The van der Waals surface area contributed by atoms with Crippen molar-refractivity contribution in [1.29, 1.82) is 0 Å². The third-order valence-electron chi connectivity index (χ3n) is 4.84. The predicted octanol–water partition coefficient (Wildman–Crippen LogP) is 2.34. The molecule has 0 saturated carbocycles. The van der Waals surface area contributed by atoms with Crippen LogP contribution >= 0.6 is 12.4 Å². The fourth-order valence-electron chi connectivity index (χ4n) is 3.65. The van der Waals surface area contributed by atoms with Gasteiger partial charge in [0.15, 0.2) is 0 Å². The van der Waals surface area contributed by atoms with Gasteiger partial charge in [0.2, 0.25) is 0 Å². The Hall–Kier alpha value is -1.36. The van der Waals surface area contributed by atoms with Crippen molar-refractivity contribution in [2.75, 3.05) is 26.2 Å². The van der Waals surface area contributed by atoms with E-state index in [1.54, 1.807) is 0 Å². The van der Waals surface area contributed by atoms with E-state index in [1.807, 2.05) is 10.7 Å². The predicted molar refractivity (Wildman–Crippen MR) is 90.6 cm³/mol. The van der Waals surface area contributed by atoms with Gasteiger partial charge in [-0.05, 0) is 56.1 Å². The van der Waals surface area contributed by atoms with Crippen LogP contribution in [0.25, 0.3) is 5.69 Å². The molecule has 0 bridgehead atoms. The standard InChI is InChI=1S/C17H22N4.ClH/c1-2-4-17(5-3-1)21-9-7-16(19-21)13-20-8-6-14-10-18-11-15(14)12-20;/h1-5,7,9,14-15,18H,6,8,10-13H2;1H. The molecule has 1 aromatic carbocycles. The maximum Gasteiger partial charge on any atom is 0.0769 e. The van der Waals surface area contributed by atoms with Gasteiger partial charge in [0.1, 0.15) is 0 Å². The second-order valence-corrected chi connectivity index (χ2v) is 6.29. The van der Waals surface area contributed by atoms with Gasteiger partial charge in [0.25, 0.3) is 0 Å². The zero-order valence-electron chi connectivity index (χ0n) is 12.7. The Morgan fingerprint density at radius 1 is 1.09 bits per heavy atom. The van der Waals surface area contributed by atoms with Gasteiger partial charge in [-0.15, -0.1) is 12.4 Å². The number of rotatable bonds is 3. The minimum absolute atomic E-state index is 0. The van der Waals surface area contributed by atoms with E-state index in [1.165, 1.54) is 38.3 Å². The van der Waals surface area contributed by atoms with Crippen LogP contribution in [0.1, 0.15) is 12.1 Å². The Morgan fingerprint density at radius 3 is 2.77 bits per heavy atom. The first kappa shape index (κ1) is 15.5. The van der Waals surface area contributed by atoms with Crippen LogP contribution in [0.15, 0.2) is 42.6 Å². The number of halogens is 1. The van der Waals surface area contributed by atoms with Crippen molar-refractivity contribution in [3.05, 3.63) is 48.3 Å². The summed E-state index contributed by atoms with van der Waals surface area (Å²) in [6.07, 6.45) is 3.39. The van der Waals surface area contributed by atoms with Gasteiger partial charge in [0, 0.05) is 19.3 Å². The Kier molecular flexibility index (Phi) is 4.81. The molecule has 1 N–H and O–H groups in total. The summed E-state index contributed by atoms with van der Waals surface area (Å²) in [5.41, 5.74) is 2.30. The maximum atomic E-state index is 4.72. The van der Waals surface area contributed by atoms with Gasteiger partial charge in [-0.1, -0.05) is 18.2 Å². The molecule has 1 aromatic heterocycles. The molecule has 2 aliphatic rings. The summed E-state index contributed by atoms with van der Waals surface area (Å²) in [5.74, 6) is 1.75. The molecule has 4 nitrogen and oxygen atoms in total. The third kappa shape index (κ3) is 3.19. The van der Waals surface area contributed by atoms with Gasteiger partial charge >= 0.3 is 0 Å². The van der Waals surface area contributed by atoms with E-state index in [9.17, 15) is 0 Å². The molecule has 2 fully saturated rings. The van der Waals surface area contributed by atoms with Gasteiger partial charge < -0.3 is 5.32 Å². The van der Waals surface area contributed by atoms with E-state index < -0.39 is 0 Å². The van der Waals surface area contributed by atoms with E-state index in [4.69, 9.17) is 5.10 Å². The number of nitrogens with one attached hydrogen (secondary N) is 1. The van der Waals surface area contributed by atoms with E-state index in [-0.39, 0.29) is 12.4 Å². The molecule has 2 unspecified atom stereocenters. The normalized spacial score (nSPS) is 24.7. The molecule has 0 radical (unpaired) electrons. The number of benzene rings is 1. The Morgan fingerprint density at radius 2 is 1.91 bits per heavy atom. The summed E-state index contributed by atoms with van der Waals surface area (Å²) >= 11 is 0. The number of para-hydroxylation sites is 1. The monoisotopic (exact) mass is 318 g/mol. The summed E-state index contributed by atoms with van der Waals surface area (Å²) in [6, 6.07) is 12.5. The first-order valence-electron chi connectivity index (χ1n) is 7.91. The molecule has 4 rings (SSSR count). The molecular formula is C17H23ClN4. The molecule has 3 heterocycles. The molecule has 22 heavy (non-hydrogen) atoms. The Balaban J connectivity index is 0.00000144. The fourth-order valence-corrected chi connectivity index (χ4v) is 3.65. The van der Waals surface area contributed by atoms with E-state index >= 15 is 0 Å². The number of hydrogen-bond donors (Lipinski definition) is 1. The molecule has 2 aromatic rings. The minimum atomic E-state index is 0. The molecule has 0 amide bonds. The average molecular weight is 319 g/mol. The largest absolute Gasteiger partial charge is 0.316 e. The maximum absolute atomic E-state index is 4.72. The van der Waals surface area contributed by atoms with Crippen LogP contribution in [0.5, 0.6) is 0 Å². The van der Waals surface area contributed by atoms with Crippen LogP contribution < -0.4 is 5.32 Å². The number of piperidine rings is 1. The van der Waals surface area contributed by atoms with Crippen molar-refractivity contribution in [1.82, 2.24) is 20.0 Å². The van der Waals surface area contributed by atoms with Crippen LogP contribution in [0.3, 0.4) is 0 Å². The minimum Gasteiger partial charge on any atom is -0.316 e. The highest BCUT2D eigenvalue weighted by molar-refractivity contribution is 5.85. The second-order valence-electron chi connectivity index (χ2n) is 6.29. The van der Waals surface area contributed by atoms with Crippen molar-refractivity contribution < 1.29 is 0 Å². The number of hydrogen-bond acceptors (Lipinski definition) is 3. The molecule has 2 saturated heterocycles. The summed E-state index contributed by atoms with van der Waals surface area (Å²) in [4.78, 5) is 2.56. The van der Waals surface area contributed by atoms with Crippen molar-refractivity contribution >= 4 is 12.4 Å². The zero-order chi connectivity index (χ0) is 14.1. The van der Waals surface area contributed by atoms with E-state index in [0.29, 0.717) is 0 Å².